The predicted molar refractivity (Wildman–Crippen MR) is 270 cm³/mol. The zero-order valence-electron chi connectivity index (χ0n) is 40.9. The molecule has 356 valence electrons. The topological polar surface area (TPSA) is 61.8 Å². The van der Waals surface area contributed by atoms with Gasteiger partial charge in [-0.3, -0.25) is 9.59 Å². The lowest BCUT2D eigenvalue weighted by atomic mass is 10.1. The SMILES string of the molecule is CC/C=C\C/C=C\C/C=C\C/C=C\C/C=C\CCCCCCOCC(COC(=O)CCCCCCCCC/C=C\C/C=C\CCCCC)OC(=O)CCCCCCCCCCC. The van der Waals surface area contributed by atoms with Crippen LogP contribution in [0.1, 0.15) is 239 Å². The average Bonchev–Trinajstić information content (AvgIpc) is 3.27. The number of carbonyl (C=O) groups is 2. The molecule has 0 aromatic rings. The first kappa shape index (κ1) is 59.1. The van der Waals surface area contributed by atoms with E-state index in [2.05, 4.69) is 106 Å². The third kappa shape index (κ3) is 49.7. The van der Waals surface area contributed by atoms with Gasteiger partial charge in [-0.1, -0.05) is 215 Å². The third-order valence-electron chi connectivity index (χ3n) is 10.9. The molecular weight excluding hydrogens is 765 g/mol. The summed E-state index contributed by atoms with van der Waals surface area (Å²) in [4.78, 5) is 25.3. The first-order valence-electron chi connectivity index (χ1n) is 26.1. The molecule has 1 atom stereocenters. The van der Waals surface area contributed by atoms with E-state index in [1.807, 2.05) is 0 Å². The van der Waals surface area contributed by atoms with Gasteiger partial charge in [-0.15, -0.1) is 0 Å². The minimum atomic E-state index is -0.554. The maximum atomic E-state index is 12.7. The molecule has 1 unspecified atom stereocenters. The molecule has 0 rings (SSSR count). The van der Waals surface area contributed by atoms with Crippen LogP contribution in [0.2, 0.25) is 0 Å². The van der Waals surface area contributed by atoms with E-state index in [1.165, 1.54) is 116 Å². The van der Waals surface area contributed by atoms with E-state index in [0.717, 1.165) is 89.9 Å². The maximum Gasteiger partial charge on any atom is 0.306 e. The summed E-state index contributed by atoms with van der Waals surface area (Å²) in [6, 6.07) is 0. The second kappa shape index (κ2) is 52.4. The predicted octanol–water partition coefficient (Wildman–Crippen LogP) is 17.7. The molecule has 0 aliphatic heterocycles. The van der Waals surface area contributed by atoms with Crippen molar-refractivity contribution in [2.75, 3.05) is 19.8 Å². The fraction of sp³-hybridized carbons (Fsp3) is 0.719. The van der Waals surface area contributed by atoms with Crippen LogP contribution in [-0.4, -0.2) is 37.9 Å². The molecular formula is C57H98O5. The highest BCUT2D eigenvalue weighted by atomic mass is 16.6. The Hall–Kier alpha value is -2.92. The van der Waals surface area contributed by atoms with Gasteiger partial charge in [0.1, 0.15) is 6.61 Å². The molecule has 0 aromatic heterocycles. The van der Waals surface area contributed by atoms with Crippen LogP contribution in [0.15, 0.2) is 85.1 Å². The van der Waals surface area contributed by atoms with E-state index in [0.29, 0.717) is 19.4 Å². The van der Waals surface area contributed by atoms with Crippen LogP contribution in [0.3, 0.4) is 0 Å². The molecule has 0 radical (unpaired) electrons. The Balaban J connectivity index is 4.25. The van der Waals surface area contributed by atoms with Crippen molar-refractivity contribution in [2.45, 2.75) is 245 Å². The first-order chi connectivity index (χ1) is 30.6. The summed E-state index contributed by atoms with van der Waals surface area (Å²) in [7, 11) is 0. The Labute approximate surface area is 384 Å². The quantitative estimate of drug-likeness (QED) is 0.0346. The monoisotopic (exact) mass is 863 g/mol. The van der Waals surface area contributed by atoms with Crippen LogP contribution in [0.5, 0.6) is 0 Å². The zero-order valence-corrected chi connectivity index (χ0v) is 40.9. The fourth-order valence-electron chi connectivity index (χ4n) is 7.04. The second-order valence-corrected chi connectivity index (χ2v) is 17.0. The molecule has 0 fully saturated rings. The lowest BCUT2D eigenvalue weighted by Gasteiger charge is -2.18. The first-order valence-corrected chi connectivity index (χ1v) is 26.1. The highest BCUT2D eigenvalue weighted by Crippen LogP contribution is 2.14. The zero-order chi connectivity index (χ0) is 44.9. The van der Waals surface area contributed by atoms with Gasteiger partial charge in [0.2, 0.25) is 0 Å². The minimum Gasteiger partial charge on any atom is -0.462 e. The average molecular weight is 863 g/mol. The van der Waals surface area contributed by atoms with Crippen molar-refractivity contribution >= 4 is 11.9 Å². The van der Waals surface area contributed by atoms with Gasteiger partial charge in [0.25, 0.3) is 0 Å². The molecule has 62 heavy (non-hydrogen) atoms. The summed E-state index contributed by atoms with van der Waals surface area (Å²) in [5, 5.41) is 0. The number of unbranched alkanes of at least 4 members (excludes halogenated alkanes) is 22. The normalized spacial score (nSPS) is 12.9. The van der Waals surface area contributed by atoms with Crippen LogP contribution in [0.25, 0.3) is 0 Å². The lowest BCUT2D eigenvalue weighted by molar-refractivity contribution is -0.163. The number of hydrogen-bond acceptors (Lipinski definition) is 5. The van der Waals surface area contributed by atoms with E-state index < -0.39 is 6.10 Å². The number of carbonyl (C=O) groups excluding carboxylic acids is 2. The van der Waals surface area contributed by atoms with E-state index in [9.17, 15) is 9.59 Å². The van der Waals surface area contributed by atoms with Gasteiger partial charge in [0, 0.05) is 19.4 Å². The van der Waals surface area contributed by atoms with Crippen molar-refractivity contribution in [3.63, 3.8) is 0 Å². The molecule has 0 aliphatic rings. The standard InChI is InChI=1S/C57H98O5/c1-4-7-10-13-16-19-21-23-25-27-28-29-31-33-35-37-40-43-46-49-52-60-53-55(62-57(59)51-48-45-42-38-18-15-12-9-6-3)54-61-56(58)50-47-44-41-39-36-34-32-30-26-24-22-20-17-14-11-8-5-2/h7,10,16-17,19-20,23-26,28-29,33,35,55H,4-6,8-9,11-15,18,21-22,27,30-32,34,36-54H2,1-3H3/b10-7-,19-16-,20-17-,25-23-,26-24-,29-28-,35-33-. The van der Waals surface area contributed by atoms with Gasteiger partial charge in [-0.05, 0) is 96.3 Å². The van der Waals surface area contributed by atoms with Crippen LogP contribution in [0, 0.1) is 0 Å². The third-order valence-corrected chi connectivity index (χ3v) is 10.9. The van der Waals surface area contributed by atoms with Crippen LogP contribution < -0.4 is 0 Å². The number of ether oxygens (including phenoxy) is 3. The molecule has 0 amide bonds. The Bertz CT molecular complexity index is 1160. The van der Waals surface area contributed by atoms with Gasteiger partial charge in [-0.2, -0.15) is 0 Å². The molecule has 5 nitrogen and oxygen atoms in total. The van der Waals surface area contributed by atoms with Gasteiger partial charge in [-0.25, -0.2) is 0 Å². The van der Waals surface area contributed by atoms with E-state index in [4.69, 9.17) is 14.2 Å². The summed E-state index contributed by atoms with van der Waals surface area (Å²) in [6.07, 6.45) is 68.8. The molecule has 0 saturated heterocycles. The molecule has 0 aromatic carbocycles. The highest BCUT2D eigenvalue weighted by Gasteiger charge is 2.17. The number of rotatable bonds is 47. The van der Waals surface area contributed by atoms with E-state index >= 15 is 0 Å². The summed E-state index contributed by atoms with van der Waals surface area (Å²) in [5.74, 6) is -0.422. The molecule has 0 saturated carbocycles. The molecule has 0 spiro atoms. The summed E-state index contributed by atoms with van der Waals surface area (Å²) in [5.41, 5.74) is 0. The van der Waals surface area contributed by atoms with Gasteiger partial charge >= 0.3 is 11.9 Å². The number of hydrogen-bond donors (Lipinski definition) is 0. The van der Waals surface area contributed by atoms with Crippen molar-refractivity contribution < 1.29 is 23.8 Å². The van der Waals surface area contributed by atoms with Gasteiger partial charge in [0.05, 0.1) is 6.61 Å². The Morgan fingerprint density at radius 3 is 1.19 bits per heavy atom. The highest BCUT2D eigenvalue weighted by molar-refractivity contribution is 5.70. The Kier molecular flexibility index (Phi) is 50.0. The van der Waals surface area contributed by atoms with E-state index in [-0.39, 0.29) is 25.2 Å². The van der Waals surface area contributed by atoms with Crippen LogP contribution in [-0.2, 0) is 23.8 Å². The van der Waals surface area contributed by atoms with E-state index in [1.54, 1.807) is 0 Å². The summed E-state index contributed by atoms with van der Waals surface area (Å²) >= 11 is 0. The molecule has 0 N–H and O–H groups in total. The largest absolute Gasteiger partial charge is 0.462 e. The van der Waals surface area contributed by atoms with Crippen molar-refractivity contribution in [1.29, 1.82) is 0 Å². The maximum absolute atomic E-state index is 12.7. The summed E-state index contributed by atoms with van der Waals surface area (Å²) in [6.45, 7) is 7.62. The Morgan fingerprint density at radius 2 is 0.726 bits per heavy atom. The van der Waals surface area contributed by atoms with Crippen LogP contribution >= 0.6 is 0 Å². The van der Waals surface area contributed by atoms with Gasteiger partial charge in [0.15, 0.2) is 6.10 Å². The lowest BCUT2D eigenvalue weighted by Crippen LogP contribution is -2.30. The fourth-order valence-corrected chi connectivity index (χ4v) is 7.04. The molecule has 0 aliphatic carbocycles. The van der Waals surface area contributed by atoms with Gasteiger partial charge < -0.3 is 14.2 Å². The minimum absolute atomic E-state index is 0.0687. The number of allylic oxidation sites excluding steroid dienone is 14. The van der Waals surface area contributed by atoms with Crippen LogP contribution in [0.4, 0.5) is 0 Å². The molecule has 0 bridgehead atoms. The Morgan fingerprint density at radius 1 is 0.371 bits per heavy atom. The summed E-state index contributed by atoms with van der Waals surface area (Å²) < 4.78 is 17.4. The molecule has 0 heterocycles. The number of esters is 2. The second-order valence-electron chi connectivity index (χ2n) is 17.0. The van der Waals surface area contributed by atoms with Crippen molar-refractivity contribution in [3.05, 3.63) is 85.1 Å². The van der Waals surface area contributed by atoms with Crippen molar-refractivity contribution in [1.82, 2.24) is 0 Å². The van der Waals surface area contributed by atoms with Crippen molar-refractivity contribution in [2.24, 2.45) is 0 Å². The smallest absolute Gasteiger partial charge is 0.306 e. The molecule has 5 heteroatoms. The van der Waals surface area contributed by atoms with Crippen molar-refractivity contribution in [3.8, 4) is 0 Å².